The number of carbonyl (C=O) groups excluding carboxylic acids is 2. The van der Waals surface area contributed by atoms with E-state index in [-0.39, 0.29) is 18.4 Å². The Bertz CT molecular complexity index is 761. The molecule has 0 saturated heterocycles. The normalized spacial score (nSPS) is 11.8. The summed E-state index contributed by atoms with van der Waals surface area (Å²) in [5.74, 6) is 0.623. The molecule has 2 N–H and O–H groups in total. The molecule has 2 rings (SSSR count). The Labute approximate surface area is 148 Å². The van der Waals surface area contributed by atoms with Gasteiger partial charge in [-0.3, -0.25) is 9.59 Å². The average molecular weight is 344 g/mol. The number of rotatable bonds is 7. The van der Waals surface area contributed by atoms with Gasteiger partial charge in [0.1, 0.15) is 12.3 Å². The van der Waals surface area contributed by atoms with Crippen LogP contribution in [0.4, 0.5) is 0 Å². The van der Waals surface area contributed by atoms with Crippen LogP contribution >= 0.6 is 0 Å². The molecule has 1 unspecified atom stereocenters. The number of hydrogen-bond donors (Lipinski definition) is 2. The largest absolute Gasteiger partial charge is 0.497 e. The molecule has 0 fully saturated rings. The highest BCUT2D eigenvalue weighted by atomic mass is 16.5. The van der Waals surface area contributed by atoms with Gasteiger partial charge in [-0.15, -0.1) is 0 Å². The molecule has 0 saturated carbocycles. The van der Waals surface area contributed by atoms with E-state index in [1.54, 1.807) is 21.2 Å². The molecule has 25 heavy (non-hydrogen) atoms. The number of methoxy groups -OCH3 is 1. The van der Waals surface area contributed by atoms with E-state index < -0.39 is 0 Å². The molecule has 0 aliphatic carbocycles. The summed E-state index contributed by atoms with van der Waals surface area (Å²) in [6.45, 7) is 1.16. The molecular weight excluding hydrogens is 318 g/mol. The molecule has 0 spiro atoms. The molecule has 0 aliphatic rings. The van der Waals surface area contributed by atoms with Gasteiger partial charge in [0.25, 0.3) is 5.91 Å². The molecule has 134 valence electrons. The van der Waals surface area contributed by atoms with Crippen LogP contribution in [0, 0.1) is 0 Å². The third-order valence-corrected chi connectivity index (χ3v) is 4.16. The third kappa shape index (κ3) is 5.19. The van der Waals surface area contributed by atoms with Crippen LogP contribution in [0.1, 0.15) is 5.56 Å². The minimum Gasteiger partial charge on any atom is -0.497 e. The predicted octanol–water partition coefficient (Wildman–Crippen LogP) is 0.0675. The second-order valence-electron chi connectivity index (χ2n) is 6.28. The van der Waals surface area contributed by atoms with Crippen molar-refractivity contribution in [2.45, 2.75) is 6.54 Å². The van der Waals surface area contributed by atoms with E-state index in [1.807, 2.05) is 25.2 Å². The van der Waals surface area contributed by atoms with Crippen LogP contribution in [-0.4, -0.2) is 58.1 Å². The summed E-state index contributed by atoms with van der Waals surface area (Å²) in [5.41, 5.74) is 1.16. The maximum absolute atomic E-state index is 12.2. The molecule has 0 aromatic heterocycles. The molecule has 0 bridgehead atoms. The fraction of sp³-hybridized carbons (Fsp3) is 0.368. The van der Waals surface area contributed by atoms with Gasteiger partial charge in [-0.1, -0.05) is 18.2 Å². The van der Waals surface area contributed by atoms with Crippen molar-refractivity contribution < 1.29 is 19.2 Å². The number of ether oxygens (including phenoxy) is 1. The first kappa shape index (κ1) is 18.7. The number of quaternary nitrogens is 1. The second kappa shape index (κ2) is 8.48. The van der Waals surface area contributed by atoms with Gasteiger partial charge >= 0.3 is 0 Å². The van der Waals surface area contributed by atoms with Gasteiger partial charge in [-0.2, -0.15) is 0 Å². The van der Waals surface area contributed by atoms with Crippen molar-refractivity contribution >= 4 is 22.6 Å². The van der Waals surface area contributed by atoms with Crippen molar-refractivity contribution in [2.24, 2.45) is 0 Å². The number of hydrogen-bond acceptors (Lipinski definition) is 3. The topological polar surface area (TPSA) is 63.1 Å². The molecule has 6 heteroatoms. The van der Waals surface area contributed by atoms with Crippen LogP contribution in [0.3, 0.4) is 0 Å². The Balaban J connectivity index is 1.97. The van der Waals surface area contributed by atoms with Gasteiger partial charge in [0.15, 0.2) is 6.54 Å². The summed E-state index contributed by atoms with van der Waals surface area (Å²) in [5, 5.41) is 4.79. The van der Waals surface area contributed by atoms with Crippen molar-refractivity contribution in [1.82, 2.24) is 10.2 Å². The number of carbonyl (C=O) groups is 2. The summed E-state index contributed by atoms with van der Waals surface area (Å²) in [6, 6.07) is 12.3. The van der Waals surface area contributed by atoms with Crippen molar-refractivity contribution in [2.75, 3.05) is 41.3 Å². The Morgan fingerprint density at radius 3 is 2.52 bits per heavy atom. The Kier molecular flexibility index (Phi) is 6.36. The summed E-state index contributed by atoms with van der Waals surface area (Å²) in [6.07, 6.45) is 0. The van der Waals surface area contributed by atoms with Crippen LogP contribution < -0.4 is 15.0 Å². The van der Waals surface area contributed by atoms with Crippen LogP contribution in [0.25, 0.3) is 10.8 Å². The number of nitrogens with zero attached hydrogens (tertiary/aromatic N) is 1. The van der Waals surface area contributed by atoms with Crippen molar-refractivity contribution in [3.63, 3.8) is 0 Å². The lowest BCUT2D eigenvalue weighted by molar-refractivity contribution is -0.885. The molecular formula is C19H26N3O3+. The number of amides is 2. The van der Waals surface area contributed by atoms with Gasteiger partial charge < -0.3 is 19.9 Å². The molecule has 1 atom stereocenters. The summed E-state index contributed by atoms with van der Waals surface area (Å²) in [7, 11) is 6.84. The van der Waals surface area contributed by atoms with Gasteiger partial charge in [0.2, 0.25) is 5.91 Å². The van der Waals surface area contributed by atoms with E-state index >= 15 is 0 Å². The molecule has 2 aromatic rings. The predicted molar refractivity (Wildman–Crippen MR) is 97.7 cm³/mol. The first-order valence-electron chi connectivity index (χ1n) is 8.25. The fourth-order valence-electron chi connectivity index (χ4n) is 2.70. The Morgan fingerprint density at radius 1 is 1.16 bits per heavy atom. The molecule has 6 nitrogen and oxygen atoms in total. The highest BCUT2D eigenvalue weighted by Gasteiger charge is 2.17. The molecule has 2 amide bonds. The number of fused-ring (bicyclic) bond motifs is 1. The number of benzene rings is 2. The SMILES string of the molecule is CNC(=O)CN(C)C(=O)C[NH+](C)Cc1ccc2cc(OC)ccc2c1. The van der Waals surface area contributed by atoms with Crippen LogP contribution in [0.5, 0.6) is 5.75 Å². The standard InChI is InChI=1S/C19H25N3O3/c1-20-18(23)12-22(3)19(24)13-21(2)11-14-5-6-16-10-17(25-4)8-7-15(16)9-14/h5-10H,11-13H2,1-4H3,(H,20,23)/p+1. The van der Waals surface area contributed by atoms with E-state index in [0.29, 0.717) is 6.54 Å². The lowest BCUT2D eigenvalue weighted by atomic mass is 10.1. The van der Waals surface area contributed by atoms with Gasteiger partial charge in [-0.05, 0) is 29.0 Å². The summed E-state index contributed by atoms with van der Waals surface area (Å²) >= 11 is 0. The van der Waals surface area contributed by atoms with Crippen molar-refractivity contribution in [3.8, 4) is 5.75 Å². The van der Waals surface area contributed by atoms with Gasteiger partial charge in [0, 0.05) is 19.7 Å². The van der Waals surface area contributed by atoms with Crippen LogP contribution in [0.2, 0.25) is 0 Å². The first-order chi connectivity index (χ1) is 11.9. The molecule has 0 heterocycles. The summed E-state index contributed by atoms with van der Waals surface area (Å²) in [4.78, 5) is 26.1. The Morgan fingerprint density at radius 2 is 1.84 bits per heavy atom. The molecule has 2 aromatic carbocycles. The maximum atomic E-state index is 12.2. The zero-order valence-corrected chi connectivity index (χ0v) is 15.3. The van der Waals surface area contributed by atoms with Crippen molar-refractivity contribution in [3.05, 3.63) is 42.0 Å². The van der Waals surface area contributed by atoms with Crippen LogP contribution in [0.15, 0.2) is 36.4 Å². The van der Waals surface area contributed by atoms with E-state index in [1.165, 1.54) is 4.90 Å². The van der Waals surface area contributed by atoms with Gasteiger partial charge in [-0.25, -0.2) is 0 Å². The number of nitrogens with one attached hydrogen (secondary N) is 2. The van der Waals surface area contributed by atoms with E-state index in [2.05, 4.69) is 23.5 Å². The maximum Gasteiger partial charge on any atom is 0.277 e. The lowest BCUT2D eigenvalue weighted by Crippen LogP contribution is -3.08. The quantitative estimate of drug-likeness (QED) is 0.747. The van der Waals surface area contributed by atoms with E-state index in [0.717, 1.165) is 33.5 Å². The summed E-state index contributed by atoms with van der Waals surface area (Å²) < 4.78 is 5.24. The van der Waals surface area contributed by atoms with E-state index in [9.17, 15) is 9.59 Å². The monoisotopic (exact) mass is 344 g/mol. The van der Waals surface area contributed by atoms with E-state index in [4.69, 9.17) is 4.74 Å². The van der Waals surface area contributed by atoms with Gasteiger partial charge in [0.05, 0.1) is 20.7 Å². The minimum absolute atomic E-state index is 0.0494. The average Bonchev–Trinajstić information content (AvgIpc) is 2.60. The lowest BCUT2D eigenvalue weighted by Gasteiger charge is -2.19. The second-order valence-corrected chi connectivity index (χ2v) is 6.28. The van der Waals surface area contributed by atoms with Crippen LogP contribution in [-0.2, 0) is 16.1 Å². The number of likely N-dealkylation sites (N-methyl/N-ethyl adjacent to an activating group) is 3. The minimum atomic E-state index is -0.168. The highest BCUT2D eigenvalue weighted by Crippen LogP contribution is 2.21. The zero-order valence-electron chi connectivity index (χ0n) is 15.3. The third-order valence-electron chi connectivity index (χ3n) is 4.16. The fourth-order valence-corrected chi connectivity index (χ4v) is 2.70. The first-order valence-corrected chi connectivity index (χ1v) is 8.25. The zero-order chi connectivity index (χ0) is 18.4. The Hall–Kier alpha value is -2.60. The van der Waals surface area contributed by atoms with Crippen molar-refractivity contribution in [1.29, 1.82) is 0 Å². The smallest absolute Gasteiger partial charge is 0.277 e. The molecule has 0 radical (unpaired) electrons. The molecule has 0 aliphatic heterocycles. The highest BCUT2D eigenvalue weighted by molar-refractivity contribution is 5.85.